The largest absolute Gasteiger partial charge is 0.359 e. The van der Waals surface area contributed by atoms with Gasteiger partial charge in [0.2, 0.25) is 0 Å². The summed E-state index contributed by atoms with van der Waals surface area (Å²) in [6, 6.07) is 0. The van der Waals surface area contributed by atoms with Crippen LogP contribution in [0.1, 0.15) is 20.3 Å². The molecule has 0 radical (unpaired) electrons. The summed E-state index contributed by atoms with van der Waals surface area (Å²) < 4.78 is 10.2. The van der Waals surface area contributed by atoms with E-state index in [1.54, 1.807) is 13.2 Å². The number of rotatable bonds is 5. The van der Waals surface area contributed by atoms with E-state index >= 15 is 0 Å². The molecule has 0 aromatic heterocycles. The summed E-state index contributed by atoms with van der Waals surface area (Å²) in [6.07, 6.45) is 4.18. The van der Waals surface area contributed by atoms with Crippen LogP contribution in [0.3, 0.4) is 0 Å². The second-order valence-corrected chi connectivity index (χ2v) is 4.48. The van der Waals surface area contributed by atoms with Crippen molar-refractivity contribution in [2.24, 2.45) is 11.3 Å². The molecule has 0 fully saturated rings. The lowest BCUT2D eigenvalue weighted by atomic mass is 9.67. The molecular weight excluding hydrogens is 204 g/mol. The first-order chi connectivity index (χ1) is 7.54. The highest BCUT2D eigenvalue weighted by atomic mass is 16.7. The second kappa shape index (κ2) is 5.41. The van der Waals surface area contributed by atoms with Gasteiger partial charge in [-0.15, -0.1) is 6.58 Å². The molecule has 0 amide bonds. The predicted octanol–water partition coefficient (Wildman–Crippen LogP) is 2.33. The lowest BCUT2D eigenvalue weighted by Gasteiger charge is -2.37. The molecule has 0 N–H and O–H groups in total. The fraction of sp³-hybridized carbons (Fsp3) is 0.615. The minimum Gasteiger partial charge on any atom is -0.359 e. The van der Waals surface area contributed by atoms with Gasteiger partial charge < -0.3 is 9.47 Å². The molecule has 16 heavy (non-hydrogen) atoms. The number of carbonyl (C=O) groups excluding carboxylic acids is 1. The van der Waals surface area contributed by atoms with Crippen molar-refractivity contribution in [3.8, 4) is 0 Å². The molecule has 0 spiro atoms. The van der Waals surface area contributed by atoms with E-state index in [1.807, 2.05) is 6.08 Å². The van der Waals surface area contributed by atoms with E-state index in [9.17, 15) is 4.79 Å². The van der Waals surface area contributed by atoms with Crippen LogP contribution in [-0.4, -0.2) is 26.3 Å². The van der Waals surface area contributed by atoms with Gasteiger partial charge in [-0.3, -0.25) is 4.79 Å². The molecule has 0 aliphatic heterocycles. The number of ketones is 1. The van der Waals surface area contributed by atoms with Crippen LogP contribution >= 0.6 is 0 Å². The standard InChI is InChI=1S/C13H20O3/c1-5-13(3)10(2)6-12(14)7-11(13)8-16-9-15-4/h5,7,10H,1,6,8-9H2,2-4H3/t10-,13+/m1/s1. The SMILES string of the molecule is C=C[C@]1(C)C(COCOC)=CC(=O)C[C@H]1C. The molecule has 1 aliphatic carbocycles. The first kappa shape index (κ1) is 13.1. The lowest BCUT2D eigenvalue weighted by Crippen LogP contribution is -2.33. The van der Waals surface area contributed by atoms with E-state index in [-0.39, 0.29) is 23.9 Å². The topological polar surface area (TPSA) is 35.5 Å². The Morgan fingerprint density at radius 1 is 1.69 bits per heavy atom. The van der Waals surface area contributed by atoms with Crippen molar-refractivity contribution < 1.29 is 14.3 Å². The molecule has 0 heterocycles. The molecule has 0 aromatic carbocycles. The van der Waals surface area contributed by atoms with Crippen molar-refractivity contribution in [2.75, 3.05) is 20.5 Å². The van der Waals surface area contributed by atoms with Crippen LogP contribution in [-0.2, 0) is 14.3 Å². The Bertz CT molecular complexity index is 306. The second-order valence-electron chi connectivity index (χ2n) is 4.48. The van der Waals surface area contributed by atoms with Gasteiger partial charge in [0, 0.05) is 18.9 Å². The number of hydrogen-bond acceptors (Lipinski definition) is 3. The Balaban J connectivity index is 2.82. The molecule has 90 valence electrons. The van der Waals surface area contributed by atoms with Crippen LogP contribution in [0.25, 0.3) is 0 Å². The van der Waals surface area contributed by atoms with Crippen LogP contribution < -0.4 is 0 Å². The van der Waals surface area contributed by atoms with Crippen molar-refractivity contribution in [3.63, 3.8) is 0 Å². The van der Waals surface area contributed by atoms with Crippen molar-refractivity contribution >= 4 is 5.78 Å². The van der Waals surface area contributed by atoms with E-state index < -0.39 is 0 Å². The summed E-state index contributed by atoms with van der Waals surface area (Å²) in [5.41, 5.74) is 0.838. The molecule has 1 rings (SSSR count). The highest BCUT2D eigenvalue weighted by molar-refractivity contribution is 5.92. The number of hydrogen-bond donors (Lipinski definition) is 0. The maximum absolute atomic E-state index is 11.5. The Morgan fingerprint density at radius 3 is 2.94 bits per heavy atom. The number of allylic oxidation sites excluding steroid dienone is 2. The number of ether oxygens (including phenoxy) is 2. The zero-order chi connectivity index (χ0) is 12.2. The van der Waals surface area contributed by atoms with Gasteiger partial charge in [0.1, 0.15) is 6.79 Å². The van der Waals surface area contributed by atoms with E-state index in [0.29, 0.717) is 13.0 Å². The van der Waals surface area contributed by atoms with Crippen molar-refractivity contribution in [3.05, 3.63) is 24.3 Å². The molecule has 3 nitrogen and oxygen atoms in total. The summed E-state index contributed by atoms with van der Waals surface area (Å²) in [7, 11) is 1.58. The third-order valence-corrected chi connectivity index (χ3v) is 3.44. The van der Waals surface area contributed by atoms with Gasteiger partial charge in [0.15, 0.2) is 5.78 Å². The Labute approximate surface area is 97.1 Å². The third-order valence-electron chi connectivity index (χ3n) is 3.44. The zero-order valence-corrected chi connectivity index (χ0v) is 10.3. The monoisotopic (exact) mass is 224 g/mol. The van der Waals surface area contributed by atoms with Gasteiger partial charge in [0.05, 0.1) is 6.61 Å². The van der Waals surface area contributed by atoms with Gasteiger partial charge in [-0.05, 0) is 17.6 Å². The lowest BCUT2D eigenvalue weighted by molar-refractivity contribution is -0.117. The van der Waals surface area contributed by atoms with Gasteiger partial charge in [-0.2, -0.15) is 0 Å². The molecule has 3 heteroatoms. The van der Waals surface area contributed by atoms with Crippen LogP contribution in [0.5, 0.6) is 0 Å². The fourth-order valence-corrected chi connectivity index (χ4v) is 2.00. The normalized spacial score (nSPS) is 30.1. The summed E-state index contributed by atoms with van der Waals surface area (Å²) in [6.45, 7) is 8.71. The molecule has 1 aliphatic rings. The molecule has 2 atom stereocenters. The first-order valence-corrected chi connectivity index (χ1v) is 5.48. The molecule has 0 saturated carbocycles. The van der Waals surface area contributed by atoms with Crippen molar-refractivity contribution in [2.45, 2.75) is 20.3 Å². The maximum atomic E-state index is 11.5. The van der Waals surface area contributed by atoms with Crippen molar-refractivity contribution in [1.29, 1.82) is 0 Å². The number of methoxy groups -OCH3 is 1. The van der Waals surface area contributed by atoms with E-state index in [2.05, 4.69) is 20.4 Å². The minimum absolute atomic E-state index is 0.151. The molecule has 0 bridgehead atoms. The quantitative estimate of drug-likeness (QED) is 0.408. The number of carbonyl (C=O) groups is 1. The molecule has 0 aromatic rings. The van der Waals surface area contributed by atoms with Gasteiger partial charge >= 0.3 is 0 Å². The minimum atomic E-state index is -0.151. The summed E-state index contributed by atoms with van der Waals surface area (Å²) in [5.74, 6) is 0.437. The Morgan fingerprint density at radius 2 is 2.38 bits per heavy atom. The highest BCUT2D eigenvalue weighted by Crippen LogP contribution is 2.41. The predicted molar refractivity (Wildman–Crippen MR) is 63.0 cm³/mol. The average Bonchev–Trinajstić information content (AvgIpc) is 2.25. The average molecular weight is 224 g/mol. The Hall–Kier alpha value is -0.930. The molecule has 0 saturated heterocycles. The fourth-order valence-electron chi connectivity index (χ4n) is 2.00. The van der Waals surface area contributed by atoms with Gasteiger partial charge in [-0.1, -0.05) is 19.9 Å². The van der Waals surface area contributed by atoms with Crippen LogP contribution in [0.2, 0.25) is 0 Å². The van der Waals surface area contributed by atoms with E-state index in [0.717, 1.165) is 5.57 Å². The molecular formula is C13H20O3. The van der Waals surface area contributed by atoms with Crippen LogP contribution in [0.4, 0.5) is 0 Å². The van der Waals surface area contributed by atoms with E-state index in [1.165, 1.54) is 0 Å². The zero-order valence-electron chi connectivity index (χ0n) is 10.3. The Kier molecular flexibility index (Phi) is 4.44. The summed E-state index contributed by atoms with van der Waals surface area (Å²) in [4.78, 5) is 11.5. The first-order valence-electron chi connectivity index (χ1n) is 5.48. The smallest absolute Gasteiger partial charge is 0.156 e. The molecule has 0 unspecified atom stereocenters. The van der Waals surface area contributed by atoms with Crippen LogP contribution in [0, 0.1) is 11.3 Å². The van der Waals surface area contributed by atoms with Crippen molar-refractivity contribution in [1.82, 2.24) is 0 Å². The van der Waals surface area contributed by atoms with Gasteiger partial charge in [-0.25, -0.2) is 0 Å². The highest BCUT2D eigenvalue weighted by Gasteiger charge is 2.36. The summed E-state index contributed by atoms with van der Waals surface area (Å²) in [5, 5.41) is 0. The van der Waals surface area contributed by atoms with Gasteiger partial charge in [0.25, 0.3) is 0 Å². The third kappa shape index (κ3) is 2.60. The maximum Gasteiger partial charge on any atom is 0.156 e. The summed E-state index contributed by atoms with van der Waals surface area (Å²) >= 11 is 0. The van der Waals surface area contributed by atoms with E-state index in [4.69, 9.17) is 9.47 Å². The van der Waals surface area contributed by atoms with Crippen LogP contribution in [0.15, 0.2) is 24.3 Å².